The molecule has 9 aromatic rings. The first-order chi connectivity index (χ1) is 26.8. The second kappa shape index (κ2) is 12.5. The van der Waals surface area contributed by atoms with Crippen LogP contribution in [0.15, 0.2) is 193 Å². The van der Waals surface area contributed by atoms with Crippen LogP contribution in [0.3, 0.4) is 0 Å². The second-order valence-corrected chi connectivity index (χ2v) is 14.6. The van der Waals surface area contributed by atoms with Crippen molar-refractivity contribution in [2.24, 2.45) is 0 Å². The molecule has 4 heteroatoms. The van der Waals surface area contributed by atoms with Gasteiger partial charge in [0.05, 0.1) is 28.1 Å². The molecule has 11 rings (SSSR count). The molecule has 0 radical (unpaired) electrons. The van der Waals surface area contributed by atoms with Crippen molar-refractivity contribution in [2.75, 3.05) is 0 Å². The van der Waals surface area contributed by atoms with Gasteiger partial charge in [0, 0.05) is 32.9 Å². The Morgan fingerprint density at radius 3 is 1.87 bits per heavy atom. The highest BCUT2D eigenvalue weighted by Crippen LogP contribution is 2.41. The predicted molar refractivity (Wildman–Crippen MR) is 225 cm³/mol. The Balaban J connectivity index is 1.03. The van der Waals surface area contributed by atoms with Gasteiger partial charge in [0.15, 0.2) is 6.29 Å². The Kier molecular flexibility index (Phi) is 7.17. The predicted octanol–water partition coefficient (Wildman–Crippen LogP) is 12.2. The fraction of sp³-hybridized carbons (Fsp3) is 0.0800. The second-order valence-electron chi connectivity index (χ2n) is 14.6. The minimum Gasteiger partial charge on any atom is -0.353 e. The lowest BCUT2D eigenvalue weighted by Gasteiger charge is -2.38. The van der Waals surface area contributed by atoms with E-state index in [4.69, 9.17) is 0 Å². The van der Waals surface area contributed by atoms with Crippen LogP contribution in [-0.2, 0) is 0 Å². The molecular weight excluding hydrogens is 657 g/mol. The lowest BCUT2D eigenvalue weighted by atomic mass is 9.89. The third-order valence-corrected chi connectivity index (χ3v) is 11.5. The summed E-state index contributed by atoms with van der Waals surface area (Å²) in [6.07, 6.45) is 6.58. The monoisotopic (exact) mass is 694 g/mol. The number of aromatic nitrogens is 2. The van der Waals surface area contributed by atoms with Gasteiger partial charge in [0.2, 0.25) is 0 Å². The number of rotatable bonds is 5. The Bertz CT molecular complexity index is 2950. The van der Waals surface area contributed by atoms with Gasteiger partial charge in [-0.1, -0.05) is 127 Å². The SMILES string of the molecule is C1=CC2=C(CC1)C(c1ccccc1)NC(n1c3ccccc3c3cc(-c4ccc5c(c4)c4ccccc4n5-c4cccc(-c5ccccc5)c4)ccc31)N2. The molecular formula is C50H38N4. The van der Waals surface area contributed by atoms with E-state index in [0.717, 1.165) is 18.5 Å². The maximum absolute atomic E-state index is 4.03. The number of benzene rings is 7. The fourth-order valence-electron chi connectivity index (χ4n) is 9.00. The Hall–Kier alpha value is -6.62. The quantitative estimate of drug-likeness (QED) is 0.188. The number of nitrogens with one attached hydrogen (secondary N) is 2. The molecule has 1 aliphatic heterocycles. The molecule has 7 aromatic carbocycles. The van der Waals surface area contributed by atoms with Crippen molar-refractivity contribution in [2.45, 2.75) is 25.2 Å². The van der Waals surface area contributed by atoms with Gasteiger partial charge in [0.25, 0.3) is 0 Å². The van der Waals surface area contributed by atoms with Crippen molar-refractivity contribution in [3.63, 3.8) is 0 Å². The van der Waals surface area contributed by atoms with E-state index < -0.39 is 0 Å². The van der Waals surface area contributed by atoms with Crippen LogP contribution in [0.1, 0.15) is 30.7 Å². The van der Waals surface area contributed by atoms with Crippen molar-refractivity contribution in [1.82, 2.24) is 19.8 Å². The average Bonchev–Trinajstić information content (AvgIpc) is 3.76. The zero-order valence-electron chi connectivity index (χ0n) is 29.8. The zero-order valence-corrected chi connectivity index (χ0v) is 29.8. The summed E-state index contributed by atoms with van der Waals surface area (Å²) in [5.74, 6) is 0. The summed E-state index contributed by atoms with van der Waals surface area (Å²) < 4.78 is 4.87. The molecule has 258 valence electrons. The van der Waals surface area contributed by atoms with E-state index in [-0.39, 0.29) is 12.3 Å². The fourth-order valence-corrected chi connectivity index (χ4v) is 9.00. The molecule has 0 saturated carbocycles. The molecule has 2 unspecified atom stereocenters. The molecule has 2 N–H and O–H groups in total. The summed E-state index contributed by atoms with van der Waals surface area (Å²) in [5.41, 5.74) is 14.8. The lowest BCUT2D eigenvalue weighted by molar-refractivity contribution is 0.316. The molecule has 0 saturated heterocycles. The maximum Gasteiger partial charge on any atom is 0.160 e. The Morgan fingerprint density at radius 2 is 1.07 bits per heavy atom. The zero-order chi connectivity index (χ0) is 35.6. The van der Waals surface area contributed by atoms with E-state index in [1.54, 1.807) is 0 Å². The van der Waals surface area contributed by atoms with E-state index in [1.807, 2.05) is 0 Å². The van der Waals surface area contributed by atoms with Crippen LogP contribution < -0.4 is 10.6 Å². The van der Waals surface area contributed by atoms with Crippen molar-refractivity contribution >= 4 is 43.6 Å². The van der Waals surface area contributed by atoms with Crippen LogP contribution in [0.5, 0.6) is 0 Å². The van der Waals surface area contributed by atoms with E-state index in [0.29, 0.717) is 0 Å². The van der Waals surface area contributed by atoms with Gasteiger partial charge in [-0.15, -0.1) is 0 Å². The van der Waals surface area contributed by atoms with Crippen LogP contribution >= 0.6 is 0 Å². The topological polar surface area (TPSA) is 33.9 Å². The van der Waals surface area contributed by atoms with Gasteiger partial charge in [-0.05, 0) is 101 Å². The van der Waals surface area contributed by atoms with Crippen LogP contribution in [-0.4, -0.2) is 9.13 Å². The van der Waals surface area contributed by atoms with Crippen molar-refractivity contribution < 1.29 is 0 Å². The van der Waals surface area contributed by atoms with Gasteiger partial charge in [0.1, 0.15) is 0 Å². The van der Waals surface area contributed by atoms with E-state index in [2.05, 4.69) is 202 Å². The highest BCUT2D eigenvalue weighted by atomic mass is 15.3. The number of para-hydroxylation sites is 2. The molecule has 1 aliphatic carbocycles. The normalized spacial score (nSPS) is 17.0. The first kappa shape index (κ1) is 31.0. The lowest BCUT2D eigenvalue weighted by Crippen LogP contribution is -2.45. The molecule has 0 amide bonds. The molecule has 4 nitrogen and oxygen atoms in total. The Labute approximate surface area is 314 Å². The molecule has 0 fully saturated rings. The highest BCUT2D eigenvalue weighted by Gasteiger charge is 2.31. The molecule has 0 spiro atoms. The van der Waals surface area contributed by atoms with E-state index in [9.17, 15) is 0 Å². The van der Waals surface area contributed by atoms with Gasteiger partial charge >= 0.3 is 0 Å². The third kappa shape index (κ3) is 4.95. The molecule has 2 aromatic heterocycles. The molecule has 54 heavy (non-hydrogen) atoms. The van der Waals surface area contributed by atoms with Crippen molar-refractivity contribution in [1.29, 1.82) is 0 Å². The Morgan fingerprint density at radius 1 is 0.481 bits per heavy atom. The summed E-state index contributed by atoms with van der Waals surface area (Å²) in [5, 5.41) is 12.9. The molecule has 2 aliphatic rings. The smallest absolute Gasteiger partial charge is 0.160 e. The van der Waals surface area contributed by atoms with Gasteiger partial charge < -0.3 is 14.5 Å². The van der Waals surface area contributed by atoms with Crippen LogP contribution in [0, 0.1) is 0 Å². The minimum absolute atomic E-state index is 0.118. The molecule has 3 heterocycles. The number of fused-ring (bicyclic) bond motifs is 6. The summed E-state index contributed by atoms with van der Waals surface area (Å²) in [6, 6.07) is 62.1. The van der Waals surface area contributed by atoms with Gasteiger partial charge in [-0.2, -0.15) is 0 Å². The van der Waals surface area contributed by atoms with Crippen molar-refractivity contribution in [3.8, 4) is 27.9 Å². The molecule has 0 bridgehead atoms. The maximum atomic E-state index is 4.03. The van der Waals surface area contributed by atoms with Crippen LogP contribution in [0.2, 0.25) is 0 Å². The third-order valence-electron chi connectivity index (χ3n) is 11.5. The summed E-state index contributed by atoms with van der Waals surface area (Å²) in [7, 11) is 0. The highest BCUT2D eigenvalue weighted by molar-refractivity contribution is 6.12. The standard InChI is InChI=1S/C50H38N4/c1-3-14-33(15-4-1)35-18-13-19-38(30-35)53-45-24-11-8-20-39(45)42-31-36(26-28-47(42)53)37-27-29-48-43(32-37)40-21-9-12-25-46(40)54(48)50-51-44-23-10-7-22-41(44)49(52-50)34-16-5-2-6-17-34/h1-6,8-21,23-32,49-52H,7,22H2. The summed E-state index contributed by atoms with van der Waals surface area (Å²) >= 11 is 0. The van der Waals surface area contributed by atoms with Crippen LogP contribution in [0.25, 0.3) is 71.6 Å². The first-order valence-corrected chi connectivity index (χ1v) is 19.0. The minimum atomic E-state index is -0.118. The number of allylic oxidation sites excluding steroid dienone is 2. The largest absolute Gasteiger partial charge is 0.353 e. The number of nitrogens with zero attached hydrogens (tertiary/aromatic N) is 2. The van der Waals surface area contributed by atoms with E-state index in [1.165, 1.54) is 82.7 Å². The number of hydrogen-bond acceptors (Lipinski definition) is 2. The molecule has 2 atom stereocenters. The summed E-state index contributed by atoms with van der Waals surface area (Å²) in [4.78, 5) is 0. The average molecular weight is 695 g/mol. The van der Waals surface area contributed by atoms with E-state index >= 15 is 0 Å². The summed E-state index contributed by atoms with van der Waals surface area (Å²) in [6.45, 7) is 0. The number of hydrogen-bond donors (Lipinski definition) is 2. The first-order valence-electron chi connectivity index (χ1n) is 19.0. The van der Waals surface area contributed by atoms with Gasteiger partial charge in [-0.3, -0.25) is 5.32 Å². The van der Waals surface area contributed by atoms with Gasteiger partial charge in [-0.25, -0.2) is 0 Å². The van der Waals surface area contributed by atoms with Crippen LogP contribution in [0.4, 0.5) is 0 Å². The van der Waals surface area contributed by atoms with Crippen molar-refractivity contribution in [3.05, 3.63) is 199 Å².